The van der Waals surface area contributed by atoms with E-state index in [0.717, 1.165) is 43.2 Å². The highest BCUT2D eigenvalue weighted by atomic mass is 35.5. The highest BCUT2D eigenvalue weighted by Crippen LogP contribution is 2.63. The minimum Gasteiger partial charge on any atom is -0.510 e. The molecular weight excluding hydrogens is 588 g/mol. The minimum absolute atomic E-state index is 0.00779. The first-order valence-corrected chi connectivity index (χ1v) is 16.5. The van der Waals surface area contributed by atoms with Gasteiger partial charge in [0.15, 0.2) is 0 Å². The third-order valence-electron chi connectivity index (χ3n) is 10.2. The van der Waals surface area contributed by atoms with Crippen molar-refractivity contribution in [2.75, 3.05) is 19.8 Å². The Balaban J connectivity index is 1.37. The molecule has 0 aliphatic heterocycles. The van der Waals surface area contributed by atoms with E-state index in [-0.39, 0.29) is 42.2 Å². The van der Waals surface area contributed by atoms with Crippen LogP contribution in [0, 0.1) is 46.3 Å². The molecule has 5 unspecified atom stereocenters. The van der Waals surface area contributed by atoms with Crippen LogP contribution in [0.15, 0.2) is 65.0 Å². The predicted octanol–water partition coefficient (Wildman–Crippen LogP) is 3.23. The van der Waals surface area contributed by atoms with Crippen molar-refractivity contribution >= 4 is 23.8 Å². The topological polar surface area (TPSA) is 175 Å². The van der Waals surface area contributed by atoms with E-state index in [1.54, 1.807) is 18.6 Å². The molecule has 0 heterocycles. The number of halogens is 1. The van der Waals surface area contributed by atoms with E-state index < -0.39 is 0 Å². The molecule has 45 heavy (non-hydrogen) atoms. The van der Waals surface area contributed by atoms with E-state index in [4.69, 9.17) is 28.1 Å². The average Bonchev–Trinajstić information content (AvgIpc) is 3.03. The number of benzene rings is 1. The number of amidine groups is 1. The van der Waals surface area contributed by atoms with E-state index in [1.165, 1.54) is 12.8 Å². The second kappa shape index (κ2) is 16.4. The Kier molecular flexibility index (Phi) is 12.7. The van der Waals surface area contributed by atoms with Crippen LogP contribution in [0.25, 0.3) is 0 Å². The van der Waals surface area contributed by atoms with Crippen molar-refractivity contribution in [1.29, 1.82) is 5.26 Å². The molecule has 4 fully saturated rings. The van der Waals surface area contributed by atoms with Crippen LogP contribution in [0.5, 0.6) is 0 Å². The highest BCUT2D eigenvalue weighted by molar-refractivity contribution is 6.31. The van der Waals surface area contributed by atoms with Gasteiger partial charge in [-0.3, -0.25) is 15.3 Å². The van der Waals surface area contributed by atoms with Gasteiger partial charge in [-0.25, -0.2) is 0 Å². The number of nitrogens with two attached hydrogens (primary N) is 2. The summed E-state index contributed by atoms with van der Waals surface area (Å²) in [6, 6.07) is 9.52. The van der Waals surface area contributed by atoms with Gasteiger partial charge in [-0.2, -0.15) is 5.26 Å². The SMILES string of the molecule is C=C(CC[C@H](N)CO)C(C/C=C(/O)CO)CC1C2CC3C[C@@H]1CC(CN=C(N)/C(C#N)=C\NC=[NH+]Cc1ccccc1Cl)(C3)C2. The van der Waals surface area contributed by atoms with Crippen LogP contribution in [0.4, 0.5) is 0 Å². The van der Waals surface area contributed by atoms with Crippen molar-refractivity contribution in [3.63, 3.8) is 0 Å². The fourth-order valence-electron chi connectivity index (χ4n) is 8.13. The molecule has 244 valence electrons. The molecule has 7 atom stereocenters. The molecule has 0 amide bonds. The van der Waals surface area contributed by atoms with Crippen molar-refractivity contribution < 1.29 is 20.3 Å². The lowest BCUT2D eigenvalue weighted by molar-refractivity contribution is -0.471. The van der Waals surface area contributed by atoms with Crippen LogP contribution in [-0.4, -0.2) is 53.3 Å². The van der Waals surface area contributed by atoms with E-state index in [1.807, 2.05) is 24.3 Å². The zero-order valence-electron chi connectivity index (χ0n) is 26.2. The summed E-state index contributed by atoms with van der Waals surface area (Å²) in [6.07, 6.45) is 13.8. The number of hydrogen-bond acceptors (Lipinski definition) is 6. The summed E-state index contributed by atoms with van der Waals surface area (Å²) in [4.78, 5) is 7.91. The summed E-state index contributed by atoms with van der Waals surface area (Å²) in [5.74, 6) is 2.90. The fraction of sp³-hybridized carbons (Fsp3) is 0.571. The maximum Gasteiger partial charge on any atom is 0.234 e. The first-order chi connectivity index (χ1) is 21.7. The van der Waals surface area contributed by atoms with Crippen LogP contribution < -0.4 is 21.8 Å². The summed E-state index contributed by atoms with van der Waals surface area (Å²) in [6.45, 7) is 5.16. The third-order valence-corrected chi connectivity index (χ3v) is 10.6. The number of hydrogen-bond donors (Lipinski definition) is 7. The Hall–Kier alpha value is -3.16. The second-order valence-electron chi connectivity index (χ2n) is 13.4. The van der Waals surface area contributed by atoms with E-state index in [9.17, 15) is 20.6 Å². The molecule has 4 saturated carbocycles. The molecule has 4 aliphatic carbocycles. The molecule has 0 radical (unpaired) electrons. The number of nitriles is 1. The number of nitrogens with one attached hydrogen (secondary N) is 2. The number of allylic oxidation sites excluding steroid dienone is 2. The molecule has 10 heteroatoms. The molecule has 5 rings (SSSR count). The fourth-order valence-corrected chi connectivity index (χ4v) is 8.33. The van der Waals surface area contributed by atoms with Gasteiger partial charge in [0, 0.05) is 23.2 Å². The van der Waals surface area contributed by atoms with Gasteiger partial charge >= 0.3 is 0 Å². The van der Waals surface area contributed by atoms with Crippen LogP contribution in [0.2, 0.25) is 5.02 Å². The third kappa shape index (κ3) is 9.43. The van der Waals surface area contributed by atoms with Gasteiger partial charge in [0.1, 0.15) is 36.0 Å². The summed E-state index contributed by atoms with van der Waals surface area (Å²) in [5, 5.41) is 42.1. The van der Waals surface area contributed by atoms with Crippen molar-refractivity contribution in [2.24, 2.45) is 51.5 Å². The molecule has 0 spiro atoms. The quantitative estimate of drug-likeness (QED) is 0.0451. The van der Waals surface area contributed by atoms with E-state index in [2.05, 4.69) is 23.0 Å². The van der Waals surface area contributed by atoms with Crippen LogP contribution in [0.1, 0.15) is 63.4 Å². The lowest BCUT2D eigenvalue weighted by Gasteiger charge is -2.60. The van der Waals surface area contributed by atoms with Gasteiger partial charge in [0.05, 0.1) is 13.2 Å². The highest BCUT2D eigenvalue weighted by Gasteiger charge is 2.55. The maximum absolute atomic E-state index is 9.94. The first-order valence-electron chi connectivity index (χ1n) is 16.1. The number of nitrogens with zero attached hydrogens (tertiary/aromatic N) is 2. The molecule has 1 aromatic carbocycles. The summed E-state index contributed by atoms with van der Waals surface area (Å²) in [7, 11) is 0. The van der Waals surface area contributed by atoms with Crippen molar-refractivity contribution in [3.8, 4) is 6.07 Å². The molecule has 4 bridgehead atoms. The second-order valence-corrected chi connectivity index (χ2v) is 13.9. The minimum atomic E-state index is -0.366. The van der Waals surface area contributed by atoms with Gasteiger partial charge in [0.25, 0.3) is 0 Å². The van der Waals surface area contributed by atoms with E-state index in [0.29, 0.717) is 60.2 Å². The molecule has 0 aromatic heterocycles. The average molecular weight is 638 g/mol. The number of aliphatic imine (C=N–C) groups is 1. The number of aliphatic hydroxyl groups excluding tert-OH is 3. The molecular formula is C35H50ClN6O3+. The molecule has 9 N–H and O–H groups in total. The van der Waals surface area contributed by atoms with E-state index >= 15 is 0 Å². The zero-order chi connectivity index (χ0) is 32.4. The Labute approximate surface area is 272 Å². The van der Waals surface area contributed by atoms with Gasteiger partial charge in [-0.05, 0) is 105 Å². The smallest absolute Gasteiger partial charge is 0.234 e. The normalized spacial score (nSPS) is 27.8. The maximum atomic E-state index is 9.94. The summed E-state index contributed by atoms with van der Waals surface area (Å²) < 4.78 is 0. The lowest BCUT2D eigenvalue weighted by Crippen LogP contribution is -2.69. The molecule has 4 aliphatic rings. The first kappa shape index (κ1) is 34.7. The lowest BCUT2D eigenvalue weighted by atomic mass is 9.45. The Morgan fingerprint density at radius 1 is 1.24 bits per heavy atom. The predicted molar refractivity (Wildman–Crippen MR) is 179 cm³/mol. The zero-order valence-corrected chi connectivity index (χ0v) is 26.9. The Morgan fingerprint density at radius 2 is 1.98 bits per heavy atom. The van der Waals surface area contributed by atoms with Crippen LogP contribution in [0.3, 0.4) is 0 Å². The van der Waals surface area contributed by atoms with Gasteiger partial charge in [0.2, 0.25) is 6.34 Å². The van der Waals surface area contributed by atoms with Crippen molar-refractivity contribution in [1.82, 2.24) is 5.32 Å². The molecule has 1 aromatic rings. The monoisotopic (exact) mass is 637 g/mol. The summed E-state index contributed by atoms with van der Waals surface area (Å²) in [5.41, 5.74) is 14.8. The Morgan fingerprint density at radius 3 is 2.64 bits per heavy atom. The van der Waals surface area contributed by atoms with Crippen molar-refractivity contribution in [3.05, 3.63) is 70.6 Å². The van der Waals surface area contributed by atoms with Crippen molar-refractivity contribution in [2.45, 2.75) is 70.4 Å². The summed E-state index contributed by atoms with van der Waals surface area (Å²) >= 11 is 6.20. The van der Waals surface area contributed by atoms with Gasteiger partial charge in [-0.1, -0.05) is 42.0 Å². The molecule has 0 saturated heterocycles. The largest absolute Gasteiger partial charge is 0.510 e. The number of aliphatic hydroxyl groups is 3. The number of rotatable bonds is 17. The van der Waals surface area contributed by atoms with Crippen LogP contribution in [-0.2, 0) is 6.54 Å². The standard InChI is InChI=1S/C35H49ClN6O3/c1-23(6-8-30(38)19-43)25(7-9-31(45)20-44)12-32-27-10-24-11-28(32)15-35(13-24,14-27)21-42-34(39)29(16-37)18-41-22-40-17-26-4-2-3-5-33(26)36/h2-5,9,18,22,24-25,27-28,30,32,43-45H,1,6-8,10-15,17,19-21,38H2,(H2,39,42)(H,40,41)/p+1/b29-18-,31-9+/t24?,25?,27-,28?,30+,32?,35?/m1/s1. The Bertz CT molecular complexity index is 1320. The van der Waals surface area contributed by atoms with Gasteiger partial charge in [-0.15, -0.1) is 0 Å². The van der Waals surface area contributed by atoms with Gasteiger partial charge < -0.3 is 26.8 Å². The molecule has 9 nitrogen and oxygen atoms in total. The van der Waals surface area contributed by atoms with Crippen LogP contribution >= 0.6 is 11.6 Å².